The molecule has 7 nitrogen and oxygen atoms in total. The third-order valence-corrected chi connectivity index (χ3v) is 4.97. The van der Waals surface area contributed by atoms with E-state index in [4.69, 9.17) is 16.5 Å². The van der Waals surface area contributed by atoms with Gasteiger partial charge in [0.1, 0.15) is 5.66 Å². The van der Waals surface area contributed by atoms with Gasteiger partial charge in [-0.25, -0.2) is 9.98 Å². The van der Waals surface area contributed by atoms with E-state index in [2.05, 4.69) is 34.2 Å². The number of rotatable bonds is 2. The molecule has 2 heterocycles. The first-order valence-electron chi connectivity index (χ1n) is 8.68. The highest BCUT2D eigenvalue weighted by atomic mass is 15.4. The molecule has 1 aliphatic carbocycles. The van der Waals surface area contributed by atoms with Crippen LogP contribution in [0.25, 0.3) is 5.69 Å². The van der Waals surface area contributed by atoms with E-state index in [1.807, 2.05) is 28.9 Å². The smallest absolute Gasteiger partial charge is 0.220 e. The molecule has 25 heavy (non-hydrogen) atoms. The predicted molar refractivity (Wildman–Crippen MR) is 99.8 cm³/mol. The molecule has 0 saturated heterocycles. The molecule has 0 atom stereocenters. The zero-order chi connectivity index (χ0) is 17.4. The van der Waals surface area contributed by atoms with E-state index in [0.717, 1.165) is 42.8 Å². The number of aromatic nitrogens is 2. The lowest BCUT2D eigenvalue weighted by Gasteiger charge is -2.45. The molecular weight excluding hydrogens is 314 g/mol. The van der Waals surface area contributed by atoms with Gasteiger partial charge in [0.2, 0.25) is 11.9 Å². The Labute approximate surface area is 147 Å². The summed E-state index contributed by atoms with van der Waals surface area (Å²) in [7, 11) is 0. The van der Waals surface area contributed by atoms with Crippen LogP contribution in [-0.2, 0) is 0 Å². The number of aliphatic imine (C=N–C) groups is 2. The minimum absolute atomic E-state index is 0.279. The van der Waals surface area contributed by atoms with Gasteiger partial charge in [0, 0.05) is 17.6 Å². The summed E-state index contributed by atoms with van der Waals surface area (Å²) in [5.74, 6) is 0.696. The van der Waals surface area contributed by atoms with E-state index in [-0.39, 0.29) is 5.96 Å². The Kier molecular flexibility index (Phi) is 3.71. The summed E-state index contributed by atoms with van der Waals surface area (Å²) < 4.78 is 2.00. The highest BCUT2D eigenvalue weighted by Gasteiger charge is 2.42. The largest absolute Gasteiger partial charge is 0.369 e. The van der Waals surface area contributed by atoms with Crippen molar-refractivity contribution in [1.82, 2.24) is 9.55 Å². The fourth-order valence-electron chi connectivity index (χ4n) is 3.83. The first-order chi connectivity index (χ1) is 12.1. The Morgan fingerprint density at radius 3 is 2.32 bits per heavy atom. The zero-order valence-electron chi connectivity index (χ0n) is 14.4. The molecule has 4 rings (SSSR count). The number of aryl methyl sites for hydroxylation is 1. The van der Waals surface area contributed by atoms with Crippen LogP contribution < -0.4 is 16.4 Å². The van der Waals surface area contributed by atoms with Gasteiger partial charge in [-0.15, -0.1) is 0 Å². The second-order valence-corrected chi connectivity index (χ2v) is 6.76. The summed E-state index contributed by atoms with van der Waals surface area (Å²) >= 11 is 0. The van der Waals surface area contributed by atoms with Gasteiger partial charge in [-0.2, -0.15) is 4.99 Å². The van der Waals surface area contributed by atoms with Gasteiger partial charge < -0.3 is 16.0 Å². The van der Waals surface area contributed by atoms with Crippen LogP contribution in [0.15, 0.2) is 46.8 Å². The molecule has 130 valence electrons. The number of guanidine groups is 2. The molecule has 0 unspecified atom stereocenters. The lowest BCUT2D eigenvalue weighted by atomic mass is 9.87. The van der Waals surface area contributed by atoms with E-state index in [1.54, 1.807) is 0 Å². The molecule has 1 spiro atoms. The number of hydrogen-bond acceptors (Lipinski definition) is 6. The van der Waals surface area contributed by atoms with Crippen molar-refractivity contribution in [3.8, 4) is 5.69 Å². The van der Waals surface area contributed by atoms with Crippen LogP contribution in [-0.4, -0.2) is 27.1 Å². The third kappa shape index (κ3) is 2.75. The molecule has 1 fully saturated rings. The zero-order valence-corrected chi connectivity index (χ0v) is 14.4. The van der Waals surface area contributed by atoms with Crippen LogP contribution in [0, 0.1) is 6.92 Å². The monoisotopic (exact) mass is 337 g/mol. The standard InChI is InChI=1S/C18H23N7/c1-13-11-24(12-21-13)14-5-7-15(8-6-14)25-17(20)22-16(19)23-18(25)9-3-2-4-10-18/h5-8,11-12H,2-4,9-10H2,1H3,(H4,19,20,22,23). The number of nitrogens with two attached hydrogens (primary N) is 2. The fourth-order valence-corrected chi connectivity index (χ4v) is 3.83. The van der Waals surface area contributed by atoms with Crippen LogP contribution in [0.5, 0.6) is 0 Å². The van der Waals surface area contributed by atoms with Gasteiger partial charge in [-0.05, 0) is 56.9 Å². The van der Waals surface area contributed by atoms with Crippen molar-refractivity contribution in [2.45, 2.75) is 44.7 Å². The van der Waals surface area contributed by atoms with Crippen LogP contribution in [0.1, 0.15) is 37.8 Å². The maximum atomic E-state index is 6.26. The van der Waals surface area contributed by atoms with Gasteiger partial charge in [0.25, 0.3) is 0 Å². The Morgan fingerprint density at radius 1 is 1.00 bits per heavy atom. The van der Waals surface area contributed by atoms with Crippen molar-refractivity contribution in [3.63, 3.8) is 0 Å². The van der Waals surface area contributed by atoms with E-state index < -0.39 is 5.66 Å². The highest BCUT2D eigenvalue weighted by molar-refractivity contribution is 6.05. The summed E-state index contributed by atoms with van der Waals surface area (Å²) in [5.41, 5.74) is 14.8. The number of benzene rings is 1. The van der Waals surface area contributed by atoms with Crippen LogP contribution in [0.2, 0.25) is 0 Å². The van der Waals surface area contributed by atoms with E-state index >= 15 is 0 Å². The average Bonchev–Trinajstić information content (AvgIpc) is 3.02. The maximum absolute atomic E-state index is 6.26. The Balaban J connectivity index is 1.70. The van der Waals surface area contributed by atoms with Crippen molar-refractivity contribution in [2.24, 2.45) is 21.5 Å². The molecule has 1 aliphatic heterocycles. The average molecular weight is 337 g/mol. The number of nitrogens with zero attached hydrogens (tertiary/aromatic N) is 5. The van der Waals surface area contributed by atoms with Crippen LogP contribution in [0.4, 0.5) is 5.69 Å². The quantitative estimate of drug-likeness (QED) is 0.878. The molecule has 1 aromatic heterocycles. The van der Waals surface area contributed by atoms with E-state index in [9.17, 15) is 0 Å². The van der Waals surface area contributed by atoms with Gasteiger partial charge >= 0.3 is 0 Å². The van der Waals surface area contributed by atoms with Gasteiger partial charge in [-0.3, -0.25) is 4.90 Å². The SMILES string of the molecule is Cc1cn(-c2ccc(N3C(N)=NC(N)=NC34CCCCC4)cc2)cn1. The fraction of sp³-hybridized carbons (Fsp3) is 0.389. The van der Waals surface area contributed by atoms with Crippen LogP contribution in [0.3, 0.4) is 0 Å². The van der Waals surface area contributed by atoms with Gasteiger partial charge in [0.15, 0.2) is 0 Å². The maximum Gasteiger partial charge on any atom is 0.220 e. The van der Waals surface area contributed by atoms with Crippen molar-refractivity contribution in [1.29, 1.82) is 0 Å². The summed E-state index contributed by atoms with van der Waals surface area (Å²) in [6, 6.07) is 8.23. The van der Waals surface area contributed by atoms with Gasteiger partial charge in [-0.1, -0.05) is 6.42 Å². The topological polar surface area (TPSA) is 97.8 Å². The Morgan fingerprint density at radius 2 is 1.68 bits per heavy atom. The molecule has 7 heteroatoms. The molecule has 4 N–H and O–H groups in total. The minimum Gasteiger partial charge on any atom is -0.369 e. The predicted octanol–water partition coefficient (Wildman–Crippen LogP) is 2.29. The first kappa shape index (κ1) is 15.7. The molecule has 0 bridgehead atoms. The number of hydrogen-bond donors (Lipinski definition) is 2. The van der Waals surface area contributed by atoms with E-state index in [1.165, 1.54) is 6.42 Å². The summed E-state index contributed by atoms with van der Waals surface area (Å²) in [6.45, 7) is 1.98. The van der Waals surface area contributed by atoms with Crippen molar-refractivity contribution >= 4 is 17.6 Å². The normalized spacial score (nSPS) is 19.6. The first-order valence-corrected chi connectivity index (χ1v) is 8.68. The molecular formula is C18H23N7. The lowest BCUT2D eigenvalue weighted by molar-refractivity contribution is 0.305. The van der Waals surface area contributed by atoms with Crippen molar-refractivity contribution in [3.05, 3.63) is 42.5 Å². The minimum atomic E-state index is -0.402. The number of imidazole rings is 1. The second kappa shape index (κ2) is 5.91. The Hall–Kier alpha value is -2.83. The van der Waals surface area contributed by atoms with E-state index in [0.29, 0.717) is 5.96 Å². The molecule has 0 amide bonds. The summed E-state index contributed by atoms with van der Waals surface area (Å²) in [4.78, 5) is 15.2. The number of anilines is 1. The third-order valence-electron chi connectivity index (χ3n) is 4.97. The molecule has 1 saturated carbocycles. The Bertz CT molecular complexity index is 825. The van der Waals surface area contributed by atoms with Crippen molar-refractivity contribution in [2.75, 3.05) is 4.90 Å². The molecule has 1 aromatic carbocycles. The van der Waals surface area contributed by atoms with Crippen LogP contribution >= 0.6 is 0 Å². The summed E-state index contributed by atoms with van der Waals surface area (Å²) in [5, 5.41) is 0. The molecule has 2 aliphatic rings. The lowest BCUT2D eigenvalue weighted by Crippen LogP contribution is -2.58. The molecule has 2 aromatic rings. The second-order valence-electron chi connectivity index (χ2n) is 6.76. The summed E-state index contributed by atoms with van der Waals surface area (Å²) in [6.07, 6.45) is 9.15. The van der Waals surface area contributed by atoms with Crippen molar-refractivity contribution < 1.29 is 0 Å². The highest BCUT2D eigenvalue weighted by Crippen LogP contribution is 2.39. The van der Waals surface area contributed by atoms with Gasteiger partial charge in [0.05, 0.1) is 12.0 Å². The molecule has 0 radical (unpaired) electrons.